The highest BCUT2D eigenvalue weighted by Crippen LogP contribution is 2.53. The SMILES string of the molecule is CCCC(=O)C1=CC(C)(Cc2cc3c(c(C)c2O)C(C=C(Cc2cc(C(=O)CCC)cc(C)c2OP(=O)(O)O)C(C)=O)=C(O)C(CC)(CC)C3=O)C(OP(=O)(O)O)C(CC)=C1. The average molecular weight is 885 g/mol. The van der Waals surface area contributed by atoms with Gasteiger partial charge in [0.05, 0.1) is 11.5 Å². The van der Waals surface area contributed by atoms with Crippen LogP contribution >= 0.6 is 15.6 Å². The van der Waals surface area contributed by atoms with Gasteiger partial charge in [0.2, 0.25) is 0 Å². The van der Waals surface area contributed by atoms with Gasteiger partial charge in [0.25, 0.3) is 0 Å². The first-order chi connectivity index (χ1) is 28.3. The van der Waals surface area contributed by atoms with Crippen LogP contribution in [0.15, 0.2) is 58.9 Å². The molecular weight excluding hydrogens is 826 g/mol. The minimum atomic E-state index is -5.12. The van der Waals surface area contributed by atoms with Crippen LogP contribution in [-0.2, 0) is 36.1 Å². The van der Waals surface area contributed by atoms with E-state index in [2.05, 4.69) is 0 Å². The molecule has 0 saturated carbocycles. The summed E-state index contributed by atoms with van der Waals surface area (Å²) >= 11 is 0. The van der Waals surface area contributed by atoms with Crippen LogP contribution in [-0.4, -0.2) is 59.0 Å². The molecule has 0 saturated heterocycles. The third kappa shape index (κ3) is 10.5. The maximum atomic E-state index is 14.7. The molecule has 2 aromatic carbocycles. The monoisotopic (exact) mass is 884 g/mol. The number of benzene rings is 2. The fraction of sp³-hybridized carbons (Fsp3) is 0.467. The summed E-state index contributed by atoms with van der Waals surface area (Å²) in [5, 5.41) is 24.1. The van der Waals surface area contributed by atoms with Crippen LogP contribution in [0.25, 0.3) is 5.57 Å². The molecule has 2 aliphatic rings. The molecule has 0 amide bonds. The molecule has 0 spiro atoms. The Morgan fingerprint density at radius 3 is 2.00 bits per heavy atom. The lowest BCUT2D eigenvalue weighted by Crippen LogP contribution is -2.39. The Morgan fingerprint density at radius 2 is 1.48 bits per heavy atom. The Kier molecular flexibility index (Phi) is 15.4. The molecule has 0 bridgehead atoms. The van der Waals surface area contributed by atoms with Crippen LogP contribution in [0.1, 0.15) is 142 Å². The van der Waals surface area contributed by atoms with Gasteiger partial charge in [-0.25, -0.2) is 9.13 Å². The van der Waals surface area contributed by atoms with Crippen molar-refractivity contribution in [1.82, 2.24) is 0 Å². The Morgan fingerprint density at radius 1 is 0.869 bits per heavy atom. The second-order valence-electron chi connectivity index (χ2n) is 16.3. The summed E-state index contributed by atoms with van der Waals surface area (Å²) in [5.74, 6) is -2.29. The number of allylic oxidation sites excluding steroid dienone is 6. The summed E-state index contributed by atoms with van der Waals surface area (Å²) < 4.78 is 34.9. The maximum Gasteiger partial charge on any atom is 0.524 e. The zero-order chi connectivity index (χ0) is 46.0. The van der Waals surface area contributed by atoms with Gasteiger partial charge in [-0.3, -0.25) is 33.5 Å². The van der Waals surface area contributed by atoms with Crippen LogP contribution in [0.2, 0.25) is 0 Å². The summed E-state index contributed by atoms with van der Waals surface area (Å²) in [6, 6.07) is 4.33. The van der Waals surface area contributed by atoms with Crippen LogP contribution in [0.3, 0.4) is 0 Å². The molecule has 14 nitrogen and oxygen atoms in total. The molecule has 16 heteroatoms. The Hall–Kier alpha value is -4.26. The minimum Gasteiger partial charge on any atom is -0.511 e. The fourth-order valence-electron chi connectivity index (χ4n) is 8.61. The van der Waals surface area contributed by atoms with Crippen LogP contribution < -0.4 is 4.52 Å². The van der Waals surface area contributed by atoms with Gasteiger partial charge in [-0.15, -0.1) is 0 Å². The second kappa shape index (κ2) is 19.0. The molecule has 2 unspecified atom stereocenters. The number of rotatable bonds is 19. The lowest BCUT2D eigenvalue weighted by Gasteiger charge is -2.40. The summed E-state index contributed by atoms with van der Waals surface area (Å²) in [7, 11) is -10.2. The fourth-order valence-corrected chi connectivity index (χ4v) is 9.76. The van der Waals surface area contributed by atoms with Gasteiger partial charge in [-0.1, -0.05) is 47.6 Å². The van der Waals surface area contributed by atoms with E-state index in [4.69, 9.17) is 9.05 Å². The van der Waals surface area contributed by atoms with E-state index >= 15 is 0 Å². The number of ketones is 4. The largest absolute Gasteiger partial charge is 0.524 e. The van der Waals surface area contributed by atoms with Gasteiger partial charge in [0.1, 0.15) is 17.3 Å². The number of aliphatic hydroxyl groups excluding tert-OH is 1. The smallest absolute Gasteiger partial charge is 0.511 e. The number of phenolic OH excluding ortho intramolecular Hbond substituents is 1. The van der Waals surface area contributed by atoms with Gasteiger partial charge in [0, 0.05) is 63.7 Å². The Bertz CT molecular complexity index is 2350. The number of carbonyl (C=O) groups excluding carboxylic acids is 4. The second-order valence-corrected chi connectivity index (χ2v) is 18.6. The number of aryl methyl sites for hydroxylation is 1. The van der Waals surface area contributed by atoms with E-state index in [1.165, 1.54) is 45.0 Å². The molecule has 6 N–H and O–H groups in total. The molecule has 0 heterocycles. The Balaban J connectivity index is 2.02. The van der Waals surface area contributed by atoms with Crippen molar-refractivity contribution in [2.75, 3.05) is 0 Å². The summed E-state index contributed by atoms with van der Waals surface area (Å²) in [4.78, 5) is 94.1. The van der Waals surface area contributed by atoms with Crippen LogP contribution in [0, 0.1) is 24.7 Å². The first-order valence-corrected chi connectivity index (χ1v) is 23.6. The topological polar surface area (TPSA) is 242 Å². The molecule has 4 rings (SSSR count). The van der Waals surface area contributed by atoms with Crippen molar-refractivity contribution in [3.05, 3.63) is 97.8 Å². The molecule has 332 valence electrons. The van der Waals surface area contributed by atoms with Crippen LogP contribution in [0.4, 0.5) is 0 Å². The standard InChI is InChI=1S/C45H58O14P2/c1-10-15-36(47)30-17-25(6)40(58-60(52,53)54)31(20-30)19-29(27(8)46)21-34-38-26(7)39(49)33(22-35(38)42(51)45(13-4,14-5)41(34)50)24-44(9)23-32(37(48)16-11-2)18-28(12-3)43(44)59-61(55,56)57/h17-18,20-23,43,49-50H,10-16,19,24H2,1-9H3,(H2,52,53,54)(H2,55,56,57). The van der Waals surface area contributed by atoms with Gasteiger partial charge in [-0.05, 0) is 112 Å². The molecule has 2 aromatic rings. The lowest BCUT2D eigenvalue weighted by molar-refractivity contribution is -0.115. The summed E-state index contributed by atoms with van der Waals surface area (Å²) in [5.41, 5.74) is -0.826. The van der Waals surface area contributed by atoms with Gasteiger partial charge in [-0.2, -0.15) is 0 Å². The van der Waals surface area contributed by atoms with E-state index in [1.807, 2.05) is 13.8 Å². The van der Waals surface area contributed by atoms with Crippen LogP contribution in [0.5, 0.6) is 11.5 Å². The van der Waals surface area contributed by atoms with Crippen molar-refractivity contribution in [2.24, 2.45) is 10.8 Å². The number of fused-ring (bicyclic) bond motifs is 1. The number of hydrogen-bond acceptors (Lipinski definition) is 10. The van der Waals surface area contributed by atoms with E-state index in [-0.39, 0.29) is 124 Å². The van der Waals surface area contributed by atoms with Gasteiger partial charge in [0.15, 0.2) is 23.1 Å². The molecule has 0 aliphatic heterocycles. The van der Waals surface area contributed by atoms with E-state index in [9.17, 15) is 58.1 Å². The van der Waals surface area contributed by atoms with Crippen molar-refractivity contribution in [2.45, 2.75) is 126 Å². The number of Topliss-reactive ketones (excluding diaryl/α,β-unsaturated/α-hetero) is 4. The van der Waals surface area contributed by atoms with E-state index in [1.54, 1.807) is 39.8 Å². The third-order valence-corrected chi connectivity index (χ3v) is 12.7. The minimum absolute atomic E-state index is 0.0152. The predicted octanol–water partition coefficient (Wildman–Crippen LogP) is 9.17. The average Bonchev–Trinajstić information content (AvgIpc) is 3.16. The highest BCUT2D eigenvalue weighted by molar-refractivity contribution is 7.46. The molecule has 0 radical (unpaired) electrons. The zero-order valence-electron chi connectivity index (χ0n) is 36.2. The highest BCUT2D eigenvalue weighted by Gasteiger charge is 2.48. The summed E-state index contributed by atoms with van der Waals surface area (Å²) in [6.07, 6.45) is 4.92. The molecule has 2 atom stereocenters. The number of aromatic hydroxyl groups is 1. The molecule has 0 fully saturated rings. The molecule has 61 heavy (non-hydrogen) atoms. The van der Waals surface area contributed by atoms with Crippen molar-refractivity contribution >= 4 is 44.4 Å². The number of phenols is 1. The Labute approximate surface area is 356 Å². The first-order valence-electron chi connectivity index (χ1n) is 20.5. The van der Waals surface area contributed by atoms with E-state index in [0.29, 0.717) is 24.0 Å². The number of carbonyl (C=O) groups is 4. The van der Waals surface area contributed by atoms with Crippen molar-refractivity contribution in [3.8, 4) is 11.5 Å². The summed E-state index contributed by atoms with van der Waals surface area (Å²) in [6.45, 7) is 14.8. The highest BCUT2D eigenvalue weighted by atomic mass is 31.2. The quantitative estimate of drug-likeness (QED) is 0.0438. The number of aliphatic hydroxyl groups is 1. The first kappa shape index (κ1) is 49.4. The van der Waals surface area contributed by atoms with Crippen molar-refractivity contribution in [1.29, 1.82) is 0 Å². The number of phosphoric acid groups is 2. The van der Waals surface area contributed by atoms with E-state index < -0.39 is 44.1 Å². The van der Waals surface area contributed by atoms with Gasteiger partial charge >= 0.3 is 15.6 Å². The van der Waals surface area contributed by atoms with Crippen molar-refractivity contribution < 1.29 is 67.1 Å². The number of phosphoric ester groups is 2. The normalized spacial score (nSPS) is 19.3. The maximum absolute atomic E-state index is 14.7. The van der Waals surface area contributed by atoms with Crippen molar-refractivity contribution in [3.63, 3.8) is 0 Å². The number of hydrogen-bond donors (Lipinski definition) is 6. The van der Waals surface area contributed by atoms with E-state index in [0.717, 1.165) is 0 Å². The van der Waals surface area contributed by atoms with Gasteiger partial charge < -0.3 is 24.5 Å². The molecule has 0 aromatic heterocycles. The lowest BCUT2D eigenvalue weighted by atomic mass is 9.65. The third-order valence-electron chi connectivity index (χ3n) is 11.8. The molecule has 2 aliphatic carbocycles. The zero-order valence-corrected chi connectivity index (χ0v) is 38.0. The predicted molar refractivity (Wildman–Crippen MR) is 230 cm³/mol. The molecular formula is C45H58O14P2.